The zero-order chi connectivity index (χ0) is 17.8. The number of rotatable bonds is 6. The number of thiophene rings is 1. The predicted molar refractivity (Wildman–Crippen MR) is 105 cm³/mol. The highest BCUT2D eigenvalue weighted by molar-refractivity contribution is 7.09. The molecule has 0 amide bonds. The van der Waals surface area contributed by atoms with E-state index in [-0.39, 0.29) is 5.78 Å². The van der Waals surface area contributed by atoms with Crippen LogP contribution in [0.4, 0.5) is 0 Å². The lowest BCUT2D eigenvalue weighted by atomic mass is 10.1. The summed E-state index contributed by atoms with van der Waals surface area (Å²) in [7, 11) is 0. The Hall–Kier alpha value is -2.92. The van der Waals surface area contributed by atoms with Crippen molar-refractivity contribution < 1.29 is 4.79 Å². The molecule has 1 aliphatic heterocycles. The maximum absolute atomic E-state index is 12.4. The molecule has 0 bridgehead atoms. The molecular weight excluding hydrogens is 342 g/mol. The zero-order valence-electron chi connectivity index (χ0n) is 14.3. The number of aromatic amines is 1. The molecule has 2 aromatic heterocycles. The maximum Gasteiger partial charge on any atom is 0.182 e. The number of Topliss-reactive ketones (excluding diaryl/α,β-unsaturated/α-hetero) is 1. The van der Waals surface area contributed by atoms with Crippen LogP contribution in [-0.4, -0.2) is 27.4 Å². The van der Waals surface area contributed by atoms with Gasteiger partial charge in [-0.15, -0.1) is 11.3 Å². The molecule has 0 spiro atoms. The summed E-state index contributed by atoms with van der Waals surface area (Å²) in [6, 6.07) is 15.7. The van der Waals surface area contributed by atoms with E-state index in [2.05, 4.69) is 39.9 Å². The van der Waals surface area contributed by atoms with Crippen LogP contribution in [0.5, 0.6) is 0 Å². The van der Waals surface area contributed by atoms with Gasteiger partial charge in [0.2, 0.25) is 0 Å². The Kier molecular flexibility index (Phi) is 4.80. The summed E-state index contributed by atoms with van der Waals surface area (Å²) < 4.78 is 0. The lowest BCUT2D eigenvalue weighted by molar-refractivity contribution is 0.0970. The number of benzene rings is 1. The monoisotopic (exact) mass is 361 g/mol. The van der Waals surface area contributed by atoms with Crippen molar-refractivity contribution in [2.24, 2.45) is 0 Å². The van der Waals surface area contributed by atoms with E-state index in [1.807, 2.05) is 47.6 Å². The highest BCUT2D eigenvalue weighted by Gasteiger charge is 2.14. The molecule has 0 radical (unpaired) electrons. The van der Waals surface area contributed by atoms with Gasteiger partial charge in [-0.1, -0.05) is 42.5 Å². The summed E-state index contributed by atoms with van der Waals surface area (Å²) in [5.74, 6) is 0.105. The van der Waals surface area contributed by atoms with E-state index in [1.54, 1.807) is 11.3 Å². The molecule has 0 atom stereocenters. The second-order valence-corrected chi connectivity index (χ2v) is 7.27. The van der Waals surface area contributed by atoms with Crippen LogP contribution in [-0.2, 0) is 6.42 Å². The Labute approximate surface area is 156 Å². The molecule has 3 aromatic rings. The van der Waals surface area contributed by atoms with Gasteiger partial charge in [0.1, 0.15) is 0 Å². The fraction of sp³-hybridized carbons (Fsp3) is 0.143. The largest absolute Gasteiger partial charge is 0.346 e. The van der Waals surface area contributed by atoms with Crippen molar-refractivity contribution in [2.45, 2.75) is 12.8 Å². The van der Waals surface area contributed by atoms with Crippen molar-refractivity contribution >= 4 is 22.7 Å². The number of hydrogen-bond acceptors (Lipinski definition) is 4. The standard InChI is InChI=1S/C21H19N3OS/c25-21(16-6-2-1-3-7-16)15-24-10-4-8-17(14-24)20-13-18(22-23-20)12-19-9-5-11-26-19/h1-7,9-11,13-14H,8,12,15H2,(H,22,23). The summed E-state index contributed by atoms with van der Waals surface area (Å²) in [6.07, 6.45) is 7.74. The van der Waals surface area contributed by atoms with Gasteiger partial charge in [-0.3, -0.25) is 9.89 Å². The normalized spacial score (nSPS) is 13.7. The first kappa shape index (κ1) is 16.5. The first-order valence-electron chi connectivity index (χ1n) is 8.56. The molecule has 0 saturated carbocycles. The Morgan fingerprint density at radius 1 is 1.19 bits per heavy atom. The van der Waals surface area contributed by atoms with Crippen LogP contribution in [0.1, 0.15) is 33.0 Å². The maximum atomic E-state index is 12.4. The van der Waals surface area contributed by atoms with Crippen molar-refractivity contribution in [1.82, 2.24) is 15.1 Å². The van der Waals surface area contributed by atoms with Crippen LogP contribution in [0.15, 0.2) is 72.4 Å². The van der Waals surface area contributed by atoms with Crippen molar-refractivity contribution in [1.29, 1.82) is 0 Å². The Morgan fingerprint density at radius 3 is 2.88 bits per heavy atom. The summed E-state index contributed by atoms with van der Waals surface area (Å²) in [5.41, 5.74) is 3.89. The van der Waals surface area contributed by atoms with E-state index in [0.717, 1.165) is 35.4 Å². The minimum absolute atomic E-state index is 0.105. The smallest absolute Gasteiger partial charge is 0.182 e. The van der Waals surface area contributed by atoms with E-state index < -0.39 is 0 Å². The molecule has 1 aliphatic rings. The van der Waals surface area contributed by atoms with Crippen LogP contribution < -0.4 is 0 Å². The van der Waals surface area contributed by atoms with Crippen LogP contribution in [0, 0.1) is 0 Å². The number of allylic oxidation sites excluding steroid dienone is 2. The number of nitrogens with zero attached hydrogens (tertiary/aromatic N) is 2. The van der Waals surface area contributed by atoms with Crippen LogP contribution in [0.3, 0.4) is 0 Å². The molecule has 1 aromatic carbocycles. The molecule has 130 valence electrons. The number of aromatic nitrogens is 2. The summed E-state index contributed by atoms with van der Waals surface area (Å²) in [5, 5.41) is 9.67. The summed E-state index contributed by atoms with van der Waals surface area (Å²) in [6.45, 7) is 0.330. The predicted octanol–water partition coefficient (Wildman–Crippen LogP) is 4.51. The third-order valence-corrected chi connectivity index (χ3v) is 5.16. The quantitative estimate of drug-likeness (QED) is 0.658. The van der Waals surface area contributed by atoms with E-state index >= 15 is 0 Å². The van der Waals surface area contributed by atoms with Crippen molar-refractivity contribution in [3.05, 3.63) is 94.2 Å². The Morgan fingerprint density at radius 2 is 2.08 bits per heavy atom. The lowest BCUT2D eigenvalue weighted by Gasteiger charge is -2.20. The number of nitrogens with one attached hydrogen (secondary N) is 1. The first-order chi connectivity index (χ1) is 12.8. The molecule has 1 N–H and O–H groups in total. The third kappa shape index (κ3) is 3.83. The van der Waals surface area contributed by atoms with Gasteiger partial charge in [0, 0.05) is 35.0 Å². The van der Waals surface area contributed by atoms with Crippen molar-refractivity contribution in [2.75, 3.05) is 6.54 Å². The Balaban J connectivity index is 1.45. The zero-order valence-corrected chi connectivity index (χ0v) is 15.1. The number of ketones is 1. The van der Waals surface area contributed by atoms with Gasteiger partial charge in [0.15, 0.2) is 5.78 Å². The van der Waals surface area contributed by atoms with E-state index in [0.29, 0.717) is 6.54 Å². The van der Waals surface area contributed by atoms with Gasteiger partial charge in [-0.2, -0.15) is 5.10 Å². The van der Waals surface area contributed by atoms with E-state index in [9.17, 15) is 4.79 Å². The van der Waals surface area contributed by atoms with Crippen LogP contribution >= 0.6 is 11.3 Å². The van der Waals surface area contributed by atoms with Gasteiger partial charge in [-0.05, 0) is 29.5 Å². The number of hydrogen-bond donors (Lipinski definition) is 1. The van der Waals surface area contributed by atoms with Gasteiger partial charge in [0.25, 0.3) is 0 Å². The van der Waals surface area contributed by atoms with Gasteiger partial charge >= 0.3 is 0 Å². The SMILES string of the molecule is O=C(CN1C=CCC(c2cc(Cc3cccs3)[nH]n2)=C1)c1ccccc1. The fourth-order valence-corrected chi connectivity index (χ4v) is 3.71. The van der Waals surface area contributed by atoms with Gasteiger partial charge < -0.3 is 4.90 Å². The summed E-state index contributed by atoms with van der Waals surface area (Å²) in [4.78, 5) is 15.7. The molecular formula is C21H19N3OS. The second-order valence-electron chi connectivity index (χ2n) is 6.24. The number of carbonyl (C=O) groups excluding carboxylic acids is 1. The van der Waals surface area contributed by atoms with E-state index in [4.69, 9.17) is 0 Å². The number of carbonyl (C=O) groups is 1. The van der Waals surface area contributed by atoms with E-state index in [1.165, 1.54) is 4.88 Å². The average Bonchev–Trinajstić information content (AvgIpc) is 3.35. The molecule has 5 heteroatoms. The van der Waals surface area contributed by atoms with Crippen molar-refractivity contribution in [3.8, 4) is 0 Å². The highest BCUT2D eigenvalue weighted by atomic mass is 32.1. The second kappa shape index (κ2) is 7.54. The minimum Gasteiger partial charge on any atom is -0.346 e. The molecule has 4 nitrogen and oxygen atoms in total. The molecule has 26 heavy (non-hydrogen) atoms. The molecule has 0 saturated heterocycles. The molecule has 0 unspecified atom stereocenters. The topological polar surface area (TPSA) is 49.0 Å². The molecule has 0 fully saturated rings. The van der Waals surface area contributed by atoms with Crippen molar-refractivity contribution in [3.63, 3.8) is 0 Å². The molecule has 3 heterocycles. The molecule has 0 aliphatic carbocycles. The average molecular weight is 361 g/mol. The fourth-order valence-electron chi connectivity index (χ4n) is 2.98. The summed E-state index contributed by atoms with van der Waals surface area (Å²) >= 11 is 1.75. The lowest BCUT2D eigenvalue weighted by Crippen LogP contribution is -2.22. The highest BCUT2D eigenvalue weighted by Crippen LogP contribution is 2.23. The first-order valence-corrected chi connectivity index (χ1v) is 9.44. The van der Waals surface area contributed by atoms with Gasteiger partial charge in [-0.25, -0.2) is 0 Å². The Bertz CT molecular complexity index is 939. The minimum atomic E-state index is 0.105. The van der Waals surface area contributed by atoms with Crippen LogP contribution in [0.2, 0.25) is 0 Å². The third-order valence-electron chi connectivity index (χ3n) is 4.28. The van der Waals surface area contributed by atoms with Gasteiger partial charge in [0.05, 0.1) is 12.2 Å². The number of H-pyrrole nitrogens is 1. The van der Waals surface area contributed by atoms with Crippen LogP contribution in [0.25, 0.3) is 5.57 Å². The molecule has 4 rings (SSSR count).